The summed E-state index contributed by atoms with van der Waals surface area (Å²) in [6.45, 7) is 0.376. The predicted molar refractivity (Wildman–Crippen MR) is 48.5 cm³/mol. The van der Waals surface area contributed by atoms with Crippen molar-refractivity contribution in [2.24, 2.45) is 0 Å². The van der Waals surface area contributed by atoms with Crippen LogP contribution in [-0.2, 0) is 4.79 Å². The first-order chi connectivity index (χ1) is 5.25. The minimum atomic E-state index is 0.0121. The molecule has 0 aromatic carbocycles. The molecule has 0 saturated carbocycles. The molecular formula is C6H7NO2S2. The van der Waals surface area contributed by atoms with Crippen LogP contribution in [0.4, 0.5) is 0 Å². The van der Waals surface area contributed by atoms with Crippen molar-refractivity contribution < 1.29 is 9.90 Å². The number of hydrogen-bond donors (Lipinski definition) is 1. The summed E-state index contributed by atoms with van der Waals surface area (Å²) < 4.78 is 0.591. The van der Waals surface area contributed by atoms with E-state index in [4.69, 9.17) is 17.3 Å². The zero-order valence-electron chi connectivity index (χ0n) is 5.69. The number of aliphatic hydroxyl groups is 1. The average molecular weight is 189 g/mol. The number of thioether (sulfide) groups is 1. The second-order valence-electron chi connectivity index (χ2n) is 1.94. The summed E-state index contributed by atoms with van der Waals surface area (Å²) in [6.07, 6.45) is 2.40. The van der Waals surface area contributed by atoms with Crippen LogP contribution in [0.5, 0.6) is 0 Å². The van der Waals surface area contributed by atoms with Gasteiger partial charge in [-0.25, -0.2) is 0 Å². The highest BCUT2D eigenvalue weighted by atomic mass is 32.2. The monoisotopic (exact) mass is 189 g/mol. The second-order valence-corrected chi connectivity index (χ2v) is 3.55. The fraction of sp³-hybridized carbons (Fsp3) is 0.333. The normalized spacial score (nSPS) is 18.7. The molecule has 3 nitrogen and oxygen atoms in total. The molecule has 1 amide bonds. The summed E-state index contributed by atoms with van der Waals surface area (Å²) in [5.74, 6) is 0.441. The Morgan fingerprint density at radius 2 is 2.55 bits per heavy atom. The standard InChI is InChI=1S/C6H7NO2S2/c8-3-1-2-7-5(9)4-11-6(7)10/h1,3,8H,2,4H2. The number of thiocarbonyl (C=S) groups is 1. The van der Waals surface area contributed by atoms with E-state index >= 15 is 0 Å². The van der Waals surface area contributed by atoms with Gasteiger partial charge in [-0.05, 0) is 6.08 Å². The van der Waals surface area contributed by atoms with Gasteiger partial charge < -0.3 is 5.11 Å². The molecule has 1 N–H and O–H groups in total. The molecule has 1 aliphatic rings. The summed E-state index contributed by atoms with van der Waals surface area (Å²) >= 11 is 6.24. The lowest BCUT2D eigenvalue weighted by Crippen LogP contribution is -2.28. The fourth-order valence-corrected chi connectivity index (χ4v) is 1.80. The molecule has 60 valence electrons. The molecule has 0 unspecified atom stereocenters. The maximum atomic E-state index is 11.0. The van der Waals surface area contributed by atoms with Gasteiger partial charge in [0.25, 0.3) is 0 Å². The number of carbonyl (C=O) groups is 1. The molecule has 1 fully saturated rings. The van der Waals surface area contributed by atoms with Gasteiger partial charge in [0.2, 0.25) is 5.91 Å². The van der Waals surface area contributed by atoms with E-state index in [0.717, 1.165) is 6.26 Å². The van der Waals surface area contributed by atoms with Gasteiger partial charge in [-0.1, -0.05) is 24.0 Å². The Kier molecular flexibility index (Phi) is 2.90. The Balaban J connectivity index is 2.54. The Morgan fingerprint density at radius 1 is 1.82 bits per heavy atom. The molecule has 0 aromatic rings. The third-order valence-electron chi connectivity index (χ3n) is 1.23. The van der Waals surface area contributed by atoms with Crippen LogP contribution in [0.25, 0.3) is 0 Å². The van der Waals surface area contributed by atoms with Crippen LogP contribution in [0.2, 0.25) is 0 Å². The number of nitrogens with zero attached hydrogens (tertiary/aromatic N) is 1. The first-order valence-electron chi connectivity index (χ1n) is 3.02. The SMILES string of the molecule is O=C1CSC(=S)N1CC=CO. The lowest BCUT2D eigenvalue weighted by Gasteiger charge is -2.10. The highest BCUT2D eigenvalue weighted by Crippen LogP contribution is 2.18. The van der Waals surface area contributed by atoms with Gasteiger partial charge in [-0.2, -0.15) is 0 Å². The van der Waals surface area contributed by atoms with Gasteiger partial charge in [0.1, 0.15) is 4.32 Å². The van der Waals surface area contributed by atoms with E-state index in [9.17, 15) is 4.79 Å². The van der Waals surface area contributed by atoms with E-state index in [1.54, 1.807) is 0 Å². The summed E-state index contributed by atoms with van der Waals surface area (Å²) in [7, 11) is 0. The van der Waals surface area contributed by atoms with Gasteiger partial charge >= 0.3 is 0 Å². The number of hydrogen-bond acceptors (Lipinski definition) is 4. The van der Waals surface area contributed by atoms with E-state index in [-0.39, 0.29) is 5.91 Å². The molecule has 0 aliphatic carbocycles. The van der Waals surface area contributed by atoms with Crippen molar-refractivity contribution in [1.29, 1.82) is 0 Å². The smallest absolute Gasteiger partial charge is 0.238 e. The minimum Gasteiger partial charge on any atom is -0.516 e. The first kappa shape index (κ1) is 8.55. The third kappa shape index (κ3) is 1.94. The van der Waals surface area contributed by atoms with Crippen LogP contribution < -0.4 is 0 Å². The zero-order chi connectivity index (χ0) is 8.27. The van der Waals surface area contributed by atoms with Crippen LogP contribution in [0, 0.1) is 0 Å². The van der Waals surface area contributed by atoms with Crippen LogP contribution in [-0.4, -0.2) is 32.5 Å². The molecule has 1 rings (SSSR count). The van der Waals surface area contributed by atoms with E-state index in [1.165, 1.54) is 22.7 Å². The molecule has 0 atom stereocenters. The average Bonchev–Trinajstić information content (AvgIpc) is 2.29. The Bertz CT molecular complexity index is 199. The van der Waals surface area contributed by atoms with Crippen molar-refractivity contribution >= 4 is 34.2 Å². The van der Waals surface area contributed by atoms with E-state index in [2.05, 4.69) is 0 Å². The third-order valence-corrected chi connectivity index (χ3v) is 2.67. The predicted octanol–water partition coefficient (Wildman–Crippen LogP) is 0.918. The number of amides is 1. The summed E-state index contributed by atoms with van der Waals surface area (Å²) in [5, 5.41) is 8.33. The Labute approximate surface area is 74.1 Å². The molecule has 1 saturated heterocycles. The number of rotatable bonds is 2. The van der Waals surface area contributed by atoms with Crippen molar-refractivity contribution in [3.05, 3.63) is 12.3 Å². The quantitative estimate of drug-likeness (QED) is 0.518. The molecule has 11 heavy (non-hydrogen) atoms. The molecule has 0 bridgehead atoms. The number of carbonyl (C=O) groups excluding carboxylic acids is 1. The Morgan fingerprint density at radius 3 is 3.00 bits per heavy atom. The van der Waals surface area contributed by atoms with Crippen molar-refractivity contribution in [2.45, 2.75) is 0 Å². The van der Waals surface area contributed by atoms with Gasteiger partial charge in [0.05, 0.1) is 12.0 Å². The molecule has 0 aromatic heterocycles. The van der Waals surface area contributed by atoms with Gasteiger partial charge in [0.15, 0.2) is 0 Å². The summed E-state index contributed by atoms with van der Waals surface area (Å²) in [4.78, 5) is 12.5. The van der Waals surface area contributed by atoms with Crippen LogP contribution in [0.3, 0.4) is 0 Å². The zero-order valence-corrected chi connectivity index (χ0v) is 7.32. The molecular weight excluding hydrogens is 182 g/mol. The largest absolute Gasteiger partial charge is 0.516 e. The molecule has 5 heteroatoms. The van der Waals surface area contributed by atoms with Crippen molar-refractivity contribution in [3.8, 4) is 0 Å². The van der Waals surface area contributed by atoms with Crippen LogP contribution >= 0.6 is 24.0 Å². The minimum absolute atomic E-state index is 0.0121. The van der Waals surface area contributed by atoms with Crippen molar-refractivity contribution in [1.82, 2.24) is 4.90 Å². The lowest BCUT2D eigenvalue weighted by atomic mass is 10.5. The van der Waals surface area contributed by atoms with E-state index in [0.29, 0.717) is 16.6 Å². The number of aliphatic hydroxyl groups excluding tert-OH is 1. The topological polar surface area (TPSA) is 40.5 Å². The van der Waals surface area contributed by atoms with Gasteiger partial charge in [-0.3, -0.25) is 9.69 Å². The highest BCUT2D eigenvalue weighted by molar-refractivity contribution is 8.23. The highest BCUT2D eigenvalue weighted by Gasteiger charge is 2.24. The molecule has 1 aliphatic heterocycles. The maximum Gasteiger partial charge on any atom is 0.238 e. The molecule has 1 heterocycles. The van der Waals surface area contributed by atoms with E-state index < -0.39 is 0 Å². The maximum absolute atomic E-state index is 11.0. The van der Waals surface area contributed by atoms with Gasteiger partial charge in [0, 0.05) is 6.54 Å². The Hall–Kier alpha value is -0.550. The van der Waals surface area contributed by atoms with Crippen LogP contribution in [0.1, 0.15) is 0 Å². The fourth-order valence-electron chi connectivity index (χ4n) is 0.710. The molecule has 0 spiro atoms. The molecule has 0 radical (unpaired) electrons. The second kappa shape index (κ2) is 3.73. The summed E-state index contributed by atoms with van der Waals surface area (Å²) in [6, 6.07) is 0. The van der Waals surface area contributed by atoms with Crippen molar-refractivity contribution in [3.63, 3.8) is 0 Å². The summed E-state index contributed by atoms with van der Waals surface area (Å²) in [5.41, 5.74) is 0. The van der Waals surface area contributed by atoms with Gasteiger partial charge in [-0.15, -0.1) is 0 Å². The van der Waals surface area contributed by atoms with E-state index in [1.807, 2.05) is 0 Å². The van der Waals surface area contributed by atoms with Crippen LogP contribution in [0.15, 0.2) is 12.3 Å². The first-order valence-corrected chi connectivity index (χ1v) is 4.41. The lowest BCUT2D eigenvalue weighted by molar-refractivity contribution is -0.123. The van der Waals surface area contributed by atoms with Crippen molar-refractivity contribution in [2.75, 3.05) is 12.3 Å².